The maximum atomic E-state index is 6.06. The lowest BCUT2D eigenvalue weighted by Gasteiger charge is -2.13. The first-order valence-electron chi connectivity index (χ1n) is 10.2. The largest absolute Gasteiger partial charge is 0.497 e. The molecular formula is C23H25N5O3. The zero-order valence-electron chi connectivity index (χ0n) is 17.8. The SMILES string of the molecule is CCCCn1cnc2c(Oc3ccccc3)nc(Nc3ccc(OC)cc3OC)nc21. The van der Waals surface area contributed by atoms with Gasteiger partial charge in [0, 0.05) is 12.6 Å². The van der Waals surface area contributed by atoms with Crippen LogP contribution in [0.15, 0.2) is 54.9 Å². The number of imidazole rings is 1. The predicted molar refractivity (Wildman–Crippen MR) is 120 cm³/mol. The summed E-state index contributed by atoms with van der Waals surface area (Å²) in [5, 5.41) is 3.24. The predicted octanol–water partition coefficient (Wildman–Crippen LogP) is 5.18. The summed E-state index contributed by atoms with van der Waals surface area (Å²) in [6.07, 6.45) is 3.89. The van der Waals surface area contributed by atoms with Crippen LogP contribution in [0, 0.1) is 0 Å². The summed E-state index contributed by atoms with van der Waals surface area (Å²) in [4.78, 5) is 13.8. The van der Waals surface area contributed by atoms with Gasteiger partial charge in [-0.25, -0.2) is 4.98 Å². The second-order valence-corrected chi connectivity index (χ2v) is 6.92. The molecule has 2 aromatic heterocycles. The number of fused-ring (bicyclic) bond motifs is 1. The monoisotopic (exact) mass is 419 g/mol. The van der Waals surface area contributed by atoms with Gasteiger partial charge in [-0.15, -0.1) is 0 Å². The van der Waals surface area contributed by atoms with Crippen LogP contribution in [-0.4, -0.2) is 33.7 Å². The number of aromatic nitrogens is 4. The number of aryl methyl sites for hydroxylation is 1. The third-order valence-corrected chi connectivity index (χ3v) is 4.80. The van der Waals surface area contributed by atoms with Gasteiger partial charge in [0.2, 0.25) is 5.95 Å². The Morgan fingerprint density at radius 3 is 2.55 bits per heavy atom. The van der Waals surface area contributed by atoms with Crippen LogP contribution in [-0.2, 0) is 6.54 Å². The lowest BCUT2D eigenvalue weighted by atomic mass is 10.2. The van der Waals surface area contributed by atoms with E-state index in [1.807, 2.05) is 47.0 Å². The number of hydrogen-bond acceptors (Lipinski definition) is 7. The van der Waals surface area contributed by atoms with Gasteiger partial charge >= 0.3 is 0 Å². The quantitative estimate of drug-likeness (QED) is 0.400. The van der Waals surface area contributed by atoms with Crippen LogP contribution in [0.25, 0.3) is 11.2 Å². The number of hydrogen-bond donors (Lipinski definition) is 1. The standard InChI is InChI=1S/C23H25N5O3/c1-4-5-13-28-15-24-20-21(28)26-23(27-22(20)31-16-9-7-6-8-10-16)25-18-12-11-17(29-2)14-19(18)30-3/h6-12,14-15H,4-5,13H2,1-3H3,(H,25,26,27). The van der Waals surface area contributed by atoms with E-state index in [0.717, 1.165) is 19.4 Å². The molecule has 0 atom stereocenters. The van der Waals surface area contributed by atoms with Crippen molar-refractivity contribution in [2.45, 2.75) is 26.3 Å². The minimum absolute atomic E-state index is 0.389. The molecule has 8 heteroatoms. The van der Waals surface area contributed by atoms with E-state index in [1.54, 1.807) is 26.6 Å². The lowest BCUT2D eigenvalue weighted by Crippen LogP contribution is -2.04. The molecule has 31 heavy (non-hydrogen) atoms. The smallest absolute Gasteiger partial charge is 0.252 e. The van der Waals surface area contributed by atoms with Gasteiger partial charge in [0.05, 0.1) is 26.2 Å². The van der Waals surface area contributed by atoms with Gasteiger partial charge in [0.1, 0.15) is 17.2 Å². The van der Waals surface area contributed by atoms with Crippen LogP contribution in [0.2, 0.25) is 0 Å². The number of anilines is 2. The molecule has 0 fully saturated rings. The van der Waals surface area contributed by atoms with E-state index in [2.05, 4.69) is 22.2 Å². The molecule has 0 aliphatic carbocycles. The molecule has 0 aliphatic heterocycles. The van der Waals surface area contributed by atoms with E-state index in [9.17, 15) is 0 Å². The number of nitrogens with one attached hydrogen (secondary N) is 1. The average Bonchev–Trinajstić information content (AvgIpc) is 3.21. The third-order valence-electron chi connectivity index (χ3n) is 4.80. The highest BCUT2D eigenvalue weighted by atomic mass is 16.5. The second kappa shape index (κ2) is 9.34. The highest BCUT2D eigenvalue weighted by Crippen LogP contribution is 2.33. The van der Waals surface area contributed by atoms with Crippen molar-refractivity contribution in [1.82, 2.24) is 19.5 Å². The van der Waals surface area contributed by atoms with Crippen molar-refractivity contribution in [2.75, 3.05) is 19.5 Å². The van der Waals surface area contributed by atoms with Crippen molar-refractivity contribution in [1.29, 1.82) is 0 Å². The Bertz CT molecular complexity index is 1160. The van der Waals surface area contributed by atoms with Gasteiger partial charge < -0.3 is 24.1 Å². The van der Waals surface area contributed by atoms with Gasteiger partial charge in [-0.3, -0.25) is 0 Å². The number of benzene rings is 2. The van der Waals surface area contributed by atoms with Crippen LogP contribution in [0.1, 0.15) is 19.8 Å². The Balaban J connectivity index is 1.75. The molecule has 0 radical (unpaired) electrons. The van der Waals surface area contributed by atoms with Crippen molar-refractivity contribution >= 4 is 22.8 Å². The number of methoxy groups -OCH3 is 2. The minimum Gasteiger partial charge on any atom is -0.497 e. The lowest BCUT2D eigenvalue weighted by molar-refractivity contribution is 0.395. The highest BCUT2D eigenvalue weighted by molar-refractivity contribution is 5.79. The first-order chi connectivity index (χ1) is 15.2. The van der Waals surface area contributed by atoms with E-state index < -0.39 is 0 Å². The molecule has 2 aromatic carbocycles. The van der Waals surface area contributed by atoms with Gasteiger partial charge in [-0.05, 0) is 30.7 Å². The van der Waals surface area contributed by atoms with Crippen LogP contribution >= 0.6 is 0 Å². The number of nitrogens with zero attached hydrogens (tertiary/aromatic N) is 4. The molecule has 0 saturated carbocycles. The van der Waals surface area contributed by atoms with Crippen molar-refractivity contribution in [3.8, 4) is 23.1 Å². The Labute approximate surface area is 180 Å². The maximum absolute atomic E-state index is 6.06. The summed E-state index contributed by atoms with van der Waals surface area (Å²) in [6.45, 7) is 2.97. The molecule has 0 unspecified atom stereocenters. The van der Waals surface area contributed by atoms with Crippen LogP contribution < -0.4 is 19.5 Å². The average molecular weight is 419 g/mol. The van der Waals surface area contributed by atoms with E-state index in [-0.39, 0.29) is 0 Å². The van der Waals surface area contributed by atoms with E-state index in [0.29, 0.717) is 45.9 Å². The van der Waals surface area contributed by atoms with Gasteiger partial charge in [0.15, 0.2) is 11.2 Å². The molecule has 0 bridgehead atoms. The summed E-state index contributed by atoms with van der Waals surface area (Å²) in [6, 6.07) is 15.0. The summed E-state index contributed by atoms with van der Waals surface area (Å²) in [7, 11) is 3.22. The van der Waals surface area contributed by atoms with Gasteiger partial charge in [-0.1, -0.05) is 31.5 Å². The fraction of sp³-hybridized carbons (Fsp3) is 0.261. The Hall–Kier alpha value is -3.81. The second-order valence-electron chi connectivity index (χ2n) is 6.92. The van der Waals surface area contributed by atoms with Crippen molar-refractivity contribution in [3.05, 3.63) is 54.9 Å². The molecule has 0 spiro atoms. The molecule has 8 nitrogen and oxygen atoms in total. The summed E-state index contributed by atoms with van der Waals surface area (Å²) >= 11 is 0. The van der Waals surface area contributed by atoms with Gasteiger partial charge in [0.25, 0.3) is 5.88 Å². The normalized spacial score (nSPS) is 10.8. The molecule has 2 heterocycles. The van der Waals surface area contributed by atoms with Crippen molar-refractivity contribution in [2.24, 2.45) is 0 Å². The van der Waals surface area contributed by atoms with Crippen LogP contribution in [0.4, 0.5) is 11.6 Å². The Kier molecular flexibility index (Phi) is 6.16. The summed E-state index contributed by atoms with van der Waals surface area (Å²) in [5.41, 5.74) is 2.05. The highest BCUT2D eigenvalue weighted by Gasteiger charge is 2.16. The first-order valence-corrected chi connectivity index (χ1v) is 10.2. The molecular weight excluding hydrogens is 394 g/mol. The molecule has 0 saturated heterocycles. The van der Waals surface area contributed by atoms with Crippen LogP contribution in [0.5, 0.6) is 23.1 Å². The Morgan fingerprint density at radius 2 is 1.81 bits per heavy atom. The zero-order chi connectivity index (χ0) is 21.6. The molecule has 0 amide bonds. The number of unbranched alkanes of at least 4 members (excludes halogenated alkanes) is 1. The molecule has 4 aromatic rings. The van der Waals surface area contributed by atoms with E-state index >= 15 is 0 Å². The fourth-order valence-corrected chi connectivity index (χ4v) is 3.16. The summed E-state index contributed by atoms with van der Waals surface area (Å²) in [5.74, 6) is 2.78. The zero-order valence-corrected chi connectivity index (χ0v) is 17.8. The summed E-state index contributed by atoms with van der Waals surface area (Å²) < 4.78 is 18.9. The third kappa shape index (κ3) is 4.53. The van der Waals surface area contributed by atoms with E-state index in [4.69, 9.17) is 19.2 Å². The fourth-order valence-electron chi connectivity index (χ4n) is 3.16. The molecule has 4 rings (SSSR count). The maximum Gasteiger partial charge on any atom is 0.252 e. The van der Waals surface area contributed by atoms with Crippen LogP contribution in [0.3, 0.4) is 0 Å². The first kappa shape index (κ1) is 20.5. The number of rotatable bonds is 9. The minimum atomic E-state index is 0.389. The molecule has 160 valence electrons. The Morgan fingerprint density at radius 1 is 0.968 bits per heavy atom. The van der Waals surface area contributed by atoms with Crippen molar-refractivity contribution in [3.63, 3.8) is 0 Å². The molecule has 1 N–H and O–H groups in total. The topological polar surface area (TPSA) is 83.3 Å². The van der Waals surface area contributed by atoms with E-state index in [1.165, 1.54) is 0 Å². The molecule has 0 aliphatic rings. The number of ether oxygens (including phenoxy) is 3. The number of para-hydroxylation sites is 1. The van der Waals surface area contributed by atoms with Crippen molar-refractivity contribution < 1.29 is 14.2 Å². The van der Waals surface area contributed by atoms with Gasteiger partial charge in [-0.2, -0.15) is 9.97 Å².